The number of hydrogen-bond donors (Lipinski definition) is 0. The molecule has 1 amide bonds. The van der Waals surface area contributed by atoms with Gasteiger partial charge in [0.25, 0.3) is 5.91 Å². The molecule has 2 aromatic carbocycles. The first-order valence-electron chi connectivity index (χ1n) is 8.29. The molecular weight excluding hydrogens is 314 g/mol. The number of carbonyl (C=O) groups is 1. The van der Waals surface area contributed by atoms with Gasteiger partial charge >= 0.3 is 0 Å². The Hall–Kier alpha value is -3.08. The number of hydrogen-bond acceptors (Lipinski definition) is 3. The van der Waals surface area contributed by atoms with E-state index in [0.29, 0.717) is 5.56 Å². The van der Waals surface area contributed by atoms with E-state index in [-0.39, 0.29) is 11.9 Å². The fourth-order valence-electron chi connectivity index (χ4n) is 3.18. The van der Waals surface area contributed by atoms with Gasteiger partial charge < -0.3 is 14.2 Å². The lowest BCUT2D eigenvalue weighted by molar-refractivity contribution is 0.0460. The molecule has 126 valence electrons. The number of benzene rings is 2. The van der Waals surface area contributed by atoms with Gasteiger partial charge in [0, 0.05) is 30.2 Å². The number of amides is 1. The van der Waals surface area contributed by atoms with Crippen molar-refractivity contribution in [2.75, 3.05) is 13.7 Å². The number of nitrogens with zero attached hydrogens (tertiary/aromatic N) is 3. The molecule has 1 fully saturated rings. The van der Waals surface area contributed by atoms with Gasteiger partial charge in [0.15, 0.2) is 0 Å². The fraction of sp³-hybridized carbons (Fsp3) is 0.200. The third-order valence-corrected chi connectivity index (χ3v) is 4.68. The van der Waals surface area contributed by atoms with Gasteiger partial charge in [-0.3, -0.25) is 4.79 Å². The standard InChI is InChI=1S/C20H19N3O2/c1-25-18-4-2-3-16(13-18)19-9-11-23(19)20(24)15-5-7-17(8-6-15)22-12-10-21-14-22/h2-8,10,12-14,19H,9,11H2,1H3. The Morgan fingerprint density at radius 1 is 1.20 bits per heavy atom. The molecular formula is C20H19N3O2. The van der Waals surface area contributed by atoms with Crippen LogP contribution in [0.25, 0.3) is 5.69 Å². The summed E-state index contributed by atoms with van der Waals surface area (Å²) >= 11 is 0. The second kappa shape index (κ2) is 6.43. The Kier molecular flexibility index (Phi) is 3.98. The predicted molar refractivity (Wildman–Crippen MR) is 95.0 cm³/mol. The van der Waals surface area contributed by atoms with E-state index in [1.807, 2.05) is 58.1 Å². The summed E-state index contributed by atoms with van der Waals surface area (Å²) in [7, 11) is 1.66. The minimum atomic E-state index is 0.0660. The predicted octanol–water partition coefficient (Wildman–Crippen LogP) is 3.47. The molecule has 2 heterocycles. The molecule has 0 radical (unpaired) electrons. The van der Waals surface area contributed by atoms with Crippen LogP contribution >= 0.6 is 0 Å². The maximum atomic E-state index is 12.8. The molecule has 5 nitrogen and oxygen atoms in total. The smallest absolute Gasteiger partial charge is 0.254 e. The van der Waals surface area contributed by atoms with E-state index in [0.717, 1.165) is 30.0 Å². The molecule has 0 aliphatic carbocycles. The minimum Gasteiger partial charge on any atom is -0.497 e. The van der Waals surface area contributed by atoms with Crippen LogP contribution in [-0.4, -0.2) is 34.0 Å². The average molecular weight is 333 g/mol. The van der Waals surface area contributed by atoms with Crippen molar-refractivity contribution in [2.45, 2.75) is 12.5 Å². The summed E-state index contributed by atoms with van der Waals surface area (Å²) in [5.74, 6) is 0.887. The lowest BCUT2D eigenvalue weighted by Gasteiger charge is -2.41. The van der Waals surface area contributed by atoms with E-state index in [4.69, 9.17) is 4.74 Å². The molecule has 3 aromatic rings. The molecule has 0 spiro atoms. The number of rotatable bonds is 4. The van der Waals surface area contributed by atoms with Gasteiger partial charge in [-0.15, -0.1) is 0 Å². The first kappa shape index (κ1) is 15.4. The molecule has 0 N–H and O–H groups in total. The number of ether oxygens (including phenoxy) is 1. The highest BCUT2D eigenvalue weighted by atomic mass is 16.5. The van der Waals surface area contributed by atoms with Crippen molar-refractivity contribution in [3.05, 3.63) is 78.4 Å². The molecule has 1 aliphatic heterocycles. The van der Waals surface area contributed by atoms with Gasteiger partial charge in [-0.25, -0.2) is 4.98 Å². The van der Waals surface area contributed by atoms with Gasteiger partial charge in [0.2, 0.25) is 0 Å². The van der Waals surface area contributed by atoms with Crippen LogP contribution in [0.15, 0.2) is 67.3 Å². The molecule has 0 saturated carbocycles. The highest BCUT2D eigenvalue weighted by Gasteiger charge is 2.34. The lowest BCUT2D eigenvalue weighted by Crippen LogP contribution is -2.45. The largest absolute Gasteiger partial charge is 0.497 e. The Balaban J connectivity index is 1.52. The van der Waals surface area contributed by atoms with Gasteiger partial charge in [-0.2, -0.15) is 0 Å². The van der Waals surface area contributed by atoms with Crippen molar-refractivity contribution in [3.63, 3.8) is 0 Å². The van der Waals surface area contributed by atoms with E-state index < -0.39 is 0 Å². The van der Waals surface area contributed by atoms with Gasteiger partial charge in [0.05, 0.1) is 19.5 Å². The molecule has 1 aromatic heterocycles. The van der Waals surface area contributed by atoms with E-state index in [9.17, 15) is 4.79 Å². The quantitative estimate of drug-likeness (QED) is 0.734. The van der Waals surface area contributed by atoms with Crippen LogP contribution in [0, 0.1) is 0 Å². The van der Waals surface area contributed by atoms with Crippen LogP contribution in [0.2, 0.25) is 0 Å². The van der Waals surface area contributed by atoms with Crippen molar-refractivity contribution >= 4 is 5.91 Å². The summed E-state index contributed by atoms with van der Waals surface area (Å²) < 4.78 is 7.21. The van der Waals surface area contributed by atoms with Crippen LogP contribution in [0.4, 0.5) is 0 Å². The average Bonchev–Trinajstić information content (AvgIpc) is 3.16. The number of methoxy groups -OCH3 is 1. The Labute approximate surface area is 146 Å². The molecule has 1 saturated heterocycles. The topological polar surface area (TPSA) is 47.4 Å². The maximum absolute atomic E-state index is 12.8. The Bertz CT molecular complexity index is 872. The van der Waals surface area contributed by atoms with Crippen LogP contribution in [0.1, 0.15) is 28.4 Å². The van der Waals surface area contributed by atoms with E-state index in [1.165, 1.54) is 0 Å². The molecule has 1 atom stereocenters. The Morgan fingerprint density at radius 2 is 2.04 bits per heavy atom. The molecule has 4 rings (SSSR count). The zero-order valence-electron chi connectivity index (χ0n) is 14.0. The zero-order chi connectivity index (χ0) is 17.2. The minimum absolute atomic E-state index is 0.0660. The Morgan fingerprint density at radius 3 is 2.68 bits per heavy atom. The van der Waals surface area contributed by atoms with Gasteiger partial charge in [-0.1, -0.05) is 12.1 Å². The number of imidazole rings is 1. The van der Waals surface area contributed by atoms with Crippen molar-refractivity contribution in [2.24, 2.45) is 0 Å². The highest BCUT2D eigenvalue weighted by Crippen LogP contribution is 2.35. The van der Waals surface area contributed by atoms with E-state index in [1.54, 1.807) is 19.6 Å². The van der Waals surface area contributed by atoms with Gasteiger partial charge in [-0.05, 0) is 48.4 Å². The van der Waals surface area contributed by atoms with Gasteiger partial charge in [0.1, 0.15) is 5.75 Å². The normalized spacial score (nSPS) is 16.4. The summed E-state index contributed by atoms with van der Waals surface area (Å²) in [6, 6.07) is 15.7. The summed E-state index contributed by atoms with van der Waals surface area (Å²) in [4.78, 5) is 18.8. The molecule has 1 unspecified atom stereocenters. The van der Waals surface area contributed by atoms with Crippen LogP contribution < -0.4 is 4.74 Å². The van der Waals surface area contributed by atoms with E-state index in [2.05, 4.69) is 11.1 Å². The highest BCUT2D eigenvalue weighted by molar-refractivity contribution is 5.95. The fourth-order valence-corrected chi connectivity index (χ4v) is 3.18. The van der Waals surface area contributed by atoms with Crippen LogP contribution in [-0.2, 0) is 0 Å². The van der Waals surface area contributed by atoms with Crippen molar-refractivity contribution in [1.29, 1.82) is 0 Å². The first-order chi connectivity index (χ1) is 12.3. The third-order valence-electron chi connectivity index (χ3n) is 4.68. The SMILES string of the molecule is COc1cccc(C2CCN2C(=O)c2ccc(-n3ccnc3)cc2)c1. The maximum Gasteiger partial charge on any atom is 0.254 e. The van der Waals surface area contributed by atoms with Crippen LogP contribution in [0.5, 0.6) is 5.75 Å². The number of aromatic nitrogens is 2. The molecule has 25 heavy (non-hydrogen) atoms. The second-order valence-corrected chi connectivity index (χ2v) is 6.10. The summed E-state index contributed by atoms with van der Waals surface area (Å²) in [5.41, 5.74) is 2.81. The monoisotopic (exact) mass is 333 g/mol. The number of likely N-dealkylation sites (tertiary alicyclic amines) is 1. The molecule has 1 aliphatic rings. The van der Waals surface area contributed by atoms with Crippen molar-refractivity contribution < 1.29 is 9.53 Å². The zero-order valence-corrected chi connectivity index (χ0v) is 14.0. The summed E-state index contributed by atoms with van der Waals surface area (Å²) in [6.07, 6.45) is 6.33. The van der Waals surface area contributed by atoms with Crippen molar-refractivity contribution in [3.8, 4) is 11.4 Å². The third kappa shape index (κ3) is 2.89. The molecule has 5 heteroatoms. The van der Waals surface area contributed by atoms with Crippen LogP contribution in [0.3, 0.4) is 0 Å². The summed E-state index contributed by atoms with van der Waals surface area (Å²) in [5, 5.41) is 0. The summed E-state index contributed by atoms with van der Waals surface area (Å²) in [6.45, 7) is 0.782. The lowest BCUT2D eigenvalue weighted by atomic mass is 9.93. The van der Waals surface area contributed by atoms with E-state index >= 15 is 0 Å². The van der Waals surface area contributed by atoms with Crippen molar-refractivity contribution in [1.82, 2.24) is 14.5 Å². The molecule has 0 bridgehead atoms. The first-order valence-corrected chi connectivity index (χ1v) is 8.29. The number of carbonyl (C=O) groups excluding carboxylic acids is 1. The second-order valence-electron chi connectivity index (χ2n) is 6.10.